The normalized spacial score (nSPS) is 12.5. The number of rotatable bonds is 5. The highest BCUT2D eigenvalue weighted by Crippen LogP contribution is 2.23. The topological polar surface area (TPSA) is 75.3 Å². The monoisotopic (exact) mass is 254 g/mol. The molecule has 0 fully saturated rings. The van der Waals surface area contributed by atoms with E-state index in [2.05, 4.69) is 19.2 Å². The van der Waals surface area contributed by atoms with Gasteiger partial charge in [-0.3, -0.25) is 0 Å². The molecular formula is C13H19FN2O2. The van der Waals surface area contributed by atoms with Crippen molar-refractivity contribution in [1.82, 2.24) is 0 Å². The maximum atomic E-state index is 13.6. The van der Waals surface area contributed by atoms with E-state index < -0.39 is 11.8 Å². The van der Waals surface area contributed by atoms with Gasteiger partial charge in [-0.1, -0.05) is 20.8 Å². The number of carbonyl (C=O) groups is 1. The van der Waals surface area contributed by atoms with E-state index in [4.69, 9.17) is 10.8 Å². The van der Waals surface area contributed by atoms with Crippen LogP contribution >= 0.6 is 0 Å². The van der Waals surface area contributed by atoms with Gasteiger partial charge in [-0.25, -0.2) is 9.18 Å². The van der Waals surface area contributed by atoms with Crippen molar-refractivity contribution in [3.8, 4) is 0 Å². The Morgan fingerprint density at radius 1 is 1.44 bits per heavy atom. The average molecular weight is 254 g/mol. The predicted octanol–water partition coefficient (Wildman–Crippen LogP) is 2.81. The first-order chi connectivity index (χ1) is 8.32. The fourth-order valence-electron chi connectivity index (χ4n) is 1.42. The summed E-state index contributed by atoms with van der Waals surface area (Å²) in [7, 11) is 0. The summed E-state index contributed by atoms with van der Waals surface area (Å²) in [4.78, 5) is 10.9. The van der Waals surface area contributed by atoms with Crippen molar-refractivity contribution in [3.05, 3.63) is 23.5 Å². The molecule has 18 heavy (non-hydrogen) atoms. The van der Waals surface area contributed by atoms with Crippen molar-refractivity contribution in [2.75, 3.05) is 17.6 Å². The third-order valence-corrected chi connectivity index (χ3v) is 3.12. The standard InChI is InChI=1S/C13H19FN2O2/c1-7(2)8(3)6-16-12-4-9(13(17)18)11(15)5-10(12)14/h4-5,7-8,16H,6,15H2,1-3H3,(H,17,18). The Morgan fingerprint density at radius 3 is 2.56 bits per heavy atom. The summed E-state index contributed by atoms with van der Waals surface area (Å²) in [5.41, 5.74) is 5.47. The van der Waals surface area contributed by atoms with Gasteiger partial charge in [0.1, 0.15) is 5.82 Å². The molecule has 100 valence electrons. The Hall–Kier alpha value is -1.78. The van der Waals surface area contributed by atoms with Gasteiger partial charge in [-0.2, -0.15) is 0 Å². The Balaban J connectivity index is 2.89. The zero-order valence-corrected chi connectivity index (χ0v) is 10.8. The van der Waals surface area contributed by atoms with E-state index >= 15 is 0 Å². The number of nitrogen functional groups attached to an aromatic ring is 1. The molecule has 0 aliphatic rings. The highest BCUT2D eigenvalue weighted by atomic mass is 19.1. The van der Waals surface area contributed by atoms with Crippen molar-refractivity contribution in [2.24, 2.45) is 11.8 Å². The number of aromatic carboxylic acids is 1. The van der Waals surface area contributed by atoms with Crippen molar-refractivity contribution in [2.45, 2.75) is 20.8 Å². The number of carboxylic acid groups (broad SMARTS) is 1. The fraction of sp³-hybridized carbons (Fsp3) is 0.462. The summed E-state index contributed by atoms with van der Waals surface area (Å²) in [5, 5.41) is 11.8. The number of benzene rings is 1. The molecule has 1 rings (SSSR count). The number of halogens is 1. The first-order valence-corrected chi connectivity index (χ1v) is 5.89. The quantitative estimate of drug-likeness (QED) is 0.706. The minimum absolute atomic E-state index is 0.0672. The zero-order chi connectivity index (χ0) is 13.9. The Labute approximate surface area is 106 Å². The summed E-state index contributed by atoms with van der Waals surface area (Å²) in [6.45, 7) is 6.78. The largest absolute Gasteiger partial charge is 0.478 e. The fourth-order valence-corrected chi connectivity index (χ4v) is 1.42. The van der Waals surface area contributed by atoms with E-state index in [9.17, 15) is 9.18 Å². The average Bonchev–Trinajstić information content (AvgIpc) is 2.26. The third-order valence-electron chi connectivity index (χ3n) is 3.12. The van der Waals surface area contributed by atoms with Gasteiger partial charge in [0.2, 0.25) is 0 Å². The van der Waals surface area contributed by atoms with Crippen LogP contribution in [0.3, 0.4) is 0 Å². The molecule has 0 radical (unpaired) electrons. The van der Waals surface area contributed by atoms with E-state index in [0.717, 1.165) is 6.07 Å². The summed E-state index contributed by atoms with van der Waals surface area (Å²) in [6.07, 6.45) is 0. The van der Waals surface area contributed by atoms with Crippen molar-refractivity contribution >= 4 is 17.3 Å². The van der Waals surface area contributed by atoms with Gasteiger partial charge in [0.15, 0.2) is 0 Å². The minimum Gasteiger partial charge on any atom is -0.478 e. The Kier molecular flexibility index (Phi) is 4.53. The zero-order valence-electron chi connectivity index (χ0n) is 10.8. The lowest BCUT2D eigenvalue weighted by Crippen LogP contribution is -2.17. The van der Waals surface area contributed by atoms with Crippen LogP contribution < -0.4 is 11.1 Å². The molecule has 0 aliphatic heterocycles. The SMILES string of the molecule is CC(C)C(C)CNc1cc(C(=O)O)c(N)cc1F. The number of anilines is 2. The van der Waals surface area contributed by atoms with Gasteiger partial charge in [-0.05, 0) is 24.0 Å². The molecule has 4 N–H and O–H groups in total. The van der Waals surface area contributed by atoms with Crippen LogP contribution in [0.4, 0.5) is 15.8 Å². The predicted molar refractivity (Wildman–Crippen MR) is 70.3 cm³/mol. The van der Waals surface area contributed by atoms with E-state index in [1.165, 1.54) is 6.07 Å². The summed E-state index contributed by atoms with van der Waals surface area (Å²) >= 11 is 0. The molecule has 1 unspecified atom stereocenters. The first-order valence-electron chi connectivity index (χ1n) is 5.89. The number of carboxylic acids is 1. The molecule has 4 nitrogen and oxygen atoms in total. The van der Waals surface area contributed by atoms with Crippen molar-refractivity contribution in [3.63, 3.8) is 0 Å². The van der Waals surface area contributed by atoms with Gasteiger partial charge in [0.05, 0.1) is 11.3 Å². The number of nitrogens with one attached hydrogen (secondary N) is 1. The van der Waals surface area contributed by atoms with E-state index in [0.29, 0.717) is 18.4 Å². The Morgan fingerprint density at radius 2 is 2.06 bits per heavy atom. The lowest BCUT2D eigenvalue weighted by atomic mass is 9.98. The lowest BCUT2D eigenvalue weighted by Gasteiger charge is -2.17. The second-order valence-electron chi connectivity index (χ2n) is 4.83. The van der Waals surface area contributed by atoms with Crippen LogP contribution in [0, 0.1) is 17.7 Å². The van der Waals surface area contributed by atoms with Crippen molar-refractivity contribution in [1.29, 1.82) is 0 Å². The molecule has 1 atom stereocenters. The minimum atomic E-state index is -1.16. The molecular weight excluding hydrogens is 235 g/mol. The van der Waals surface area contributed by atoms with Crippen LogP contribution in [-0.2, 0) is 0 Å². The van der Waals surface area contributed by atoms with E-state index in [1.54, 1.807) is 0 Å². The van der Waals surface area contributed by atoms with Crippen LogP contribution in [-0.4, -0.2) is 17.6 Å². The molecule has 0 aromatic heterocycles. The number of hydrogen-bond donors (Lipinski definition) is 3. The van der Waals surface area contributed by atoms with Gasteiger partial charge in [-0.15, -0.1) is 0 Å². The molecule has 5 heteroatoms. The molecule has 0 heterocycles. The molecule has 1 aromatic carbocycles. The summed E-state index contributed by atoms with van der Waals surface area (Å²) in [6, 6.07) is 2.27. The molecule has 0 amide bonds. The van der Waals surface area contributed by atoms with Gasteiger partial charge in [0.25, 0.3) is 0 Å². The van der Waals surface area contributed by atoms with Gasteiger partial charge >= 0.3 is 5.97 Å². The van der Waals surface area contributed by atoms with Gasteiger partial charge in [0, 0.05) is 12.2 Å². The third kappa shape index (κ3) is 3.35. The van der Waals surface area contributed by atoms with Crippen molar-refractivity contribution < 1.29 is 14.3 Å². The van der Waals surface area contributed by atoms with E-state index in [1.807, 2.05) is 6.92 Å². The summed E-state index contributed by atoms with van der Waals surface area (Å²) < 4.78 is 13.6. The van der Waals surface area contributed by atoms with E-state index in [-0.39, 0.29) is 16.9 Å². The number of hydrogen-bond acceptors (Lipinski definition) is 3. The molecule has 0 saturated carbocycles. The smallest absolute Gasteiger partial charge is 0.337 e. The first kappa shape index (κ1) is 14.3. The highest BCUT2D eigenvalue weighted by molar-refractivity contribution is 5.94. The Bertz CT molecular complexity index is 447. The molecule has 0 aliphatic carbocycles. The second-order valence-corrected chi connectivity index (χ2v) is 4.83. The maximum absolute atomic E-state index is 13.6. The van der Waals surface area contributed by atoms with Crippen LogP contribution in [0.5, 0.6) is 0 Å². The van der Waals surface area contributed by atoms with Crippen LogP contribution in [0.1, 0.15) is 31.1 Å². The molecule has 0 saturated heterocycles. The lowest BCUT2D eigenvalue weighted by molar-refractivity contribution is 0.0698. The molecule has 0 spiro atoms. The highest BCUT2D eigenvalue weighted by Gasteiger charge is 2.14. The molecule has 0 bridgehead atoms. The summed E-state index contributed by atoms with van der Waals surface area (Å²) in [5.74, 6) is -0.871. The number of nitrogens with two attached hydrogens (primary N) is 1. The van der Waals surface area contributed by atoms with Gasteiger partial charge < -0.3 is 16.2 Å². The molecule has 1 aromatic rings. The van der Waals surface area contributed by atoms with Crippen LogP contribution in [0.25, 0.3) is 0 Å². The maximum Gasteiger partial charge on any atom is 0.337 e. The van der Waals surface area contributed by atoms with Crippen LogP contribution in [0.15, 0.2) is 12.1 Å². The van der Waals surface area contributed by atoms with Crippen LogP contribution in [0.2, 0.25) is 0 Å². The second kappa shape index (κ2) is 5.71.